The number of benzene rings is 2. The number of carbonyl (C=O) groups is 1. The van der Waals surface area contributed by atoms with Crippen molar-refractivity contribution in [2.75, 3.05) is 5.32 Å². The number of aryl methyl sites for hydroxylation is 1. The maximum Gasteiger partial charge on any atom is 0.319 e. The van der Waals surface area contributed by atoms with Gasteiger partial charge in [-0.1, -0.05) is 19.9 Å². The molecule has 0 aliphatic carbocycles. The number of nitrogens with zero attached hydrogens (tertiary/aromatic N) is 1. The Hall–Kier alpha value is -3.33. The van der Waals surface area contributed by atoms with Crippen LogP contribution in [0.5, 0.6) is 0 Å². The number of halogens is 1. The second-order valence-electron chi connectivity index (χ2n) is 5.29. The number of nitrogens with one attached hydrogen (secondary N) is 2. The summed E-state index contributed by atoms with van der Waals surface area (Å²) in [5.41, 5.74) is 2.35. The van der Waals surface area contributed by atoms with E-state index in [1.807, 2.05) is 26.8 Å². The predicted molar refractivity (Wildman–Crippen MR) is 99.3 cm³/mol. The molecule has 0 bridgehead atoms. The van der Waals surface area contributed by atoms with Crippen molar-refractivity contribution in [2.45, 2.75) is 27.3 Å². The van der Waals surface area contributed by atoms with Gasteiger partial charge in [0.25, 0.3) is 0 Å². The highest BCUT2D eigenvalue weighted by Gasteiger charge is 2.12. The van der Waals surface area contributed by atoms with Crippen LogP contribution in [0.1, 0.15) is 30.7 Å². The number of carbonyl (C=O) groups excluding carboxylic acids is 1. The van der Waals surface area contributed by atoms with E-state index >= 15 is 0 Å². The third-order valence-corrected chi connectivity index (χ3v) is 3.66. The first kappa shape index (κ1) is 19.0. The van der Waals surface area contributed by atoms with Crippen LogP contribution in [0, 0.1) is 24.1 Å². The molecule has 0 radical (unpaired) electrons. The van der Waals surface area contributed by atoms with Gasteiger partial charge >= 0.3 is 6.03 Å². The van der Waals surface area contributed by atoms with Crippen LogP contribution in [0.4, 0.5) is 14.9 Å². The van der Waals surface area contributed by atoms with Crippen LogP contribution >= 0.6 is 0 Å². The maximum absolute atomic E-state index is 13.3. The zero-order valence-electron chi connectivity index (χ0n) is 14.9. The molecule has 0 atom stereocenters. The Balaban J connectivity index is 0.00000117. The number of rotatable bonds is 3. The average molecular weight is 353 g/mol. The fourth-order valence-electron chi connectivity index (χ4n) is 2.41. The van der Waals surface area contributed by atoms with Crippen LogP contribution in [-0.4, -0.2) is 6.03 Å². The molecule has 134 valence electrons. The van der Waals surface area contributed by atoms with Crippen LogP contribution in [0.3, 0.4) is 0 Å². The molecule has 1 heterocycles. The number of fused-ring (bicyclic) bond motifs is 1. The third-order valence-electron chi connectivity index (χ3n) is 3.66. The van der Waals surface area contributed by atoms with Gasteiger partial charge in [0.05, 0.1) is 18.2 Å². The molecule has 26 heavy (non-hydrogen) atoms. The smallest absolute Gasteiger partial charge is 0.319 e. The topological polar surface area (TPSA) is 78.1 Å². The Morgan fingerprint density at radius 2 is 2.00 bits per heavy atom. The fraction of sp³-hybridized carbons (Fsp3) is 0.200. The number of nitriles is 1. The van der Waals surface area contributed by atoms with Crippen molar-refractivity contribution in [2.24, 2.45) is 0 Å². The van der Waals surface area contributed by atoms with E-state index in [0.29, 0.717) is 28.0 Å². The lowest BCUT2D eigenvalue weighted by Gasteiger charge is -2.07. The standard InChI is InChI=1S/C18H14FN3O2.C2H6/c1-11-15-8-13(19)5-6-16(15)24-17(11)10-21-18(23)22-14-4-2-3-12(7-14)9-20;1-2/h2-8H,10H2,1H3,(H2,21,22,23);1-2H3. The summed E-state index contributed by atoms with van der Waals surface area (Å²) < 4.78 is 18.9. The Morgan fingerprint density at radius 1 is 1.23 bits per heavy atom. The van der Waals surface area contributed by atoms with Gasteiger partial charge in [-0.25, -0.2) is 9.18 Å². The molecule has 0 unspecified atom stereocenters. The van der Waals surface area contributed by atoms with Gasteiger partial charge in [-0.3, -0.25) is 0 Å². The lowest BCUT2D eigenvalue weighted by Crippen LogP contribution is -2.28. The van der Waals surface area contributed by atoms with E-state index in [1.165, 1.54) is 12.1 Å². The minimum absolute atomic E-state index is 0.173. The molecular formula is C20H20FN3O2. The first-order chi connectivity index (χ1) is 12.6. The van der Waals surface area contributed by atoms with E-state index in [1.54, 1.807) is 30.3 Å². The fourth-order valence-corrected chi connectivity index (χ4v) is 2.41. The summed E-state index contributed by atoms with van der Waals surface area (Å²) in [4.78, 5) is 12.0. The first-order valence-electron chi connectivity index (χ1n) is 8.29. The zero-order valence-corrected chi connectivity index (χ0v) is 14.9. The minimum Gasteiger partial charge on any atom is -0.459 e. The summed E-state index contributed by atoms with van der Waals surface area (Å²) in [6.07, 6.45) is 0. The van der Waals surface area contributed by atoms with Crippen LogP contribution in [0.25, 0.3) is 11.0 Å². The van der Waals surface area contributed by atoms with Crippen molar-refractivity contribution in [3.8, 4) is 6.07 Å². The van der Waals surface area contributed by atoms with Crippen molar-refractivity contribution in [3.05, 3.63) is 65.2 Å². The van der Waals surface area contributed by atoms with E-state index < -0.39 is 6.03 Å². The van der Waals surface area contributed by atoms with Crippen molar-refractivity contribution in [1.82, 2.24) is 5.32 Å². The monoisotopic (exact) mass is 353 g/mol. The normalized spacial score (nSPS) is 9.81. The van der Waals surface area contributed by atoms with E-state index in [4.69, 9.17) is 9.68 Å². The second kappa shape index (κ2) is 8.67. The van der Waals surface area contributed by atoms with Crippen molar-refractivity contribution < 1.29 is 13.6 Å². The summed E-state index contributed by atoms with van der Waals surface area (Å²) in [5.74, 6) is 0.234. The molecule has 3 aromatic rings. The Bertz CT molecular complexity index is 957. The average Bonchev–Trinajstić information content (AvgIpc) is 2.97. The van der Waals surface area contributed by atoms with Gasteiger partial charge in [0.1, 0.15) is 17.2 Å². The zero-order chi connectivity index (χ0) is 19.1. The number of furan rings is 1. The number of hydrogen-bond acceptors (Lipinski definition) is 3. The molecule has 0 aliphatic rings. The lowest BCUT2D eigenvalue weighted by atomic mass is 10.1. The molecular weight excluding hydrogens is 333 g/mol. The Kier molecular flexibility index (Phi) is 6.34. The second-order valence-corrected chi connectivity index (χ2v) is 5.29. The molecule has 2 aromatic carbocycles. The molecule has 5 nitrogen and oxygen atoms in total. The molecule has 2 N–H and O–H groups in total. The summed E-state index contributed by atoms with van der Waals surface area (Å²) in [6.45, 7) is 5.99. The predicted octanol–water partition coefficient (Wildman–Crippen LogP) is 5.10. The third kappa shape index (κ3) is 4.39. The summed E-state index contributed by atoms with van der Waals surface area (Å²) >= 11 is 0. The molecule has 0 spiro atoms. The van der Waals surface area contributed by atoms with Crippen LogP contribution < -0.4 is 10.6 Å². The largest absolute Gasteiger partial charge is 0.459 e. The summed E-state index contributed by atoms with van der Waals surface area (Å²) in [5, 5.41) is 14.9. The molecule has 2 amide bonds. The van der Waals surface area contributed by atoms with Gasteiger partial charge in [0, 0.05) is 16.6 Å². The molecule has 0 aliphatic heterocycles. The van der Waals surface area contributed by atoms with Gasteiger partial charge in [0.15, 0.2) is 0 Å². The highest BCUT2D eigenvalue weighted by molar-refractivity contribution is 5.89. The molecule has 0 fully saturated rings. The number of anilines is 1. The highest BCUT2D eigenvalue weighted by atomic mass is 19.1. The van der Waals surface area contributed by atoms with Gasteiger partial charge in [-0.05, 0) is 43.3 Å². The molecule has 3 rings (SSSR count). The van der Waals surface area contributed by atoms with Crippen molar-refractivity contribution in [3.63, 3.8) is 0 Å². The number of hydrogen-bond donors (Lipinski definition) is 2. The van der Waals surface area contributed by atoms with E-state index in [0.717, 1.165) is 5.56 Å². The molecule has 1 aromatic heterocycles. The maximum atomic E-state index is 13.3. The van der Waals surface area contributed by atoms with Crippen LogP contribution in [-0.2, 0) is 6.54 Å². The number of amides is 2. The first-order valence-corrected chi connectivity index (χ1v) is 8.29. The van der Waals surface area contributed by atoms with Crippen molar-refractivity contribution in [1.29, 1.82) is 5.26 Å². The van der Waals surface area contributed by atoms with E-state index in [2.05, 4.69) is 10.6 Å². The van der Waals surface area contributed by atoms with Gasteiger partial charge < -0.3 is 15.1 Å². The number of urea groups is 1. The quantitative estimate of drug-likeness (QED) is 0.687. The van der Waals surface area contributed by atoms with Crippen molar-refractivity contribution >= 4 is 22.7 Å². The molecule has 0 saturated heterocycles. The van der Waals surface area contributed by atoms with Gasteiger partial charge in [-0.15, -0.1) is 0 Å². The SMILES string of the molecule is CC.Cc1c(CNC(=O)Nc2cccc(C#N)c2)oc2ccc(F)cc12. The minimum atomic E-state index is -0.420. The molecule has 6 heteroatoms. The van der Waals surface area contributed by atoms with Gasteiger partial charge in [0.2, 0.25) is 0 Å². The van der Waals surface area contributed by atoms with Crippen LogP contribution in [0.2, 0.25) is 0 Å². The van der Waals surface area contributed by atoms with E-state index in [9.17, 15) is 9.18 Å². The molecule has 0 saturated carbocycles. The Morgan fingerprint density at radius 3 is 2.73 bits per heavy atom. The van der Waals surface area contributed by atoms with Gasteiger partial charge in [-0.2, -0.15) is 5.26 Å². The summed E-state index contributed by atoms with van der Waals surface area (Å²) in [7, 11) is 0. The highest BCUT2D eigenvalue weighted by Crippen LogP contribution is 2.25. The lowest BCUT2D eigenvalue weighted by molar-refractivity contribution is 0.251. The van der Waals surface area contributed by atoms with E-state index in [-0.39, 0.29) is 12.4 Å². The Labute approximate surface area is 151 Å². The van der Waals surface area contributed by atoms with Crippen LogP contribution in [0.15, 0.2) is 46.9 Å². The summed E-state index contributed by atoms with van der Waals surface area (Å²) in [6, 6.07) is 12.5.